The van der Waals surface area contributed by atoms with Gasteiger partial charge in [-0.3, -0.25) is 18.6 Å². The predicted molar refractivity (Wildman–Crippen MR) is 309 cm³/mol. The molecule has 3 atom stereocenters. The van der Waals surface area contributed by atoms with Gasteiger partial charge in [-0.05, 0) is 96.0 Å². The number of phosphoric acid groups is 1. The molecule has 72 heavy (non-hydrogen) atoms. The lowest BCUT2D eigenvalue weighted by Gasteiger charge is -2.27. The number of allylic oxidation sites excluding steroid dienone is 11. The number of nitrogens with zero attached hydrogens (tertiary/aromatic N) is 1. The summed E-state index contributed by atoms with van der Waals surface area (Å²) in [6.07, 6.45) is 66.1. The molecule has 418 valence electrons. The quantitative estimate of drug-likeness (QED) is 0.0205. The summed E-state index contributed by atoms with van der Waals surface area (Å²) in [4.78, 5) is 37.6. The van der Waals surface area contributed by atoms with Crippen LogP contribution >= 0.6 is 7.82 Å². The van der Waals surface area contributed by atoms with Crippen LogP contribution in [-0.4, -0.2) is 74.3 Å². The van der Waals surface area contributed by atoms with Gasteiger partial charge in [0, 0.05) is 12.8 Å². The minimum absolute atomic E-state index is 0.0313. The van der Waals surface area contributed by atoms with Crippen molar-refractivity contribution in [3.63, 3.8) is 0 Å². The first kappa shape index (κ1) is 69.5. The fourth-order valence-electron chi connectivity index (χ4n) is 8.28. The highest BCUT2D eigenvalue weighted by Crippen LogP contribution is 2.43. The second kappa shape index (κ2) is 51.9. The second-order valence-corrected chi connectivity index (χ2v) is 22.6. The van der Waals surface area contributed by atoms with Gasteiger partial charge in [0.1, 0.15) is 19.3 Å². The first-order valence-corrected chi connectivity index (χ1v) is 31.3. The summed E-state index contributed by atoms with van der Waals surface area (Å²) in [5, 5.41) is 3.03. The number of amides is 1. The molecule has 0 aliphatic carbocycles. The molecule has 0 fully saturated rings. The van der Waals surface area contributed by atoms with Gasteiger partial charge in [-0.1, -0.05) is 222 Å². The Balaban J connectivity index is 5.31. The maximum atomic E-state index is 13.5. The van der Waals surface area contributed by atoms with Gasteiger partial charge >= 0.3 is 13.8 Å². The molecule has 10 heteroatoms. The monoisotopic (exact) mass is 1030 g/mol. The van der Waals surface area contributed by atoms with E-state index in [0.29, 0.717) is 23.9 Å². The van der Waals surface area contributed by atoms with Crippen molar-refractivity contribution in [2.45, 2.75) is 270 Å². The fourth-order valence-corrected chi connectivity index (χ4v) is 9.01. The lowest BCUT2D eigenvalue weighted by Crippen LogP contribution is -2.47. The lowest BCUT2D eigenvalue weighted by molar-refractivity contribution is -0.870. The van der Waals surface area contributed by atoms with Crippen LogP contribution < -0.4 is 5.32 Å². The summed E-state index contributed by atoms with van der Waals surface area (Å²) in [7, 11) is 1.47. The van der Waals surface area contributed by atoms with E-state index in [0.717, 1.165) is 83.5 Å². The molecule has 0 aromatic heterocycles. The second-order valence-electron chi connectivity index (χ2n) is 21.1. The Labute approximate surface area is 444 Å². The van der Waals surface area contributed by atoms with Crippen LogP contribution in [0.5, 0.6) is 0 Å². The van der Waals surface area contributed by atoms with Crippen LogP contribution in [0.15, 0.2) is 72.9 Å². The molecule has 2 N–H and O–H groups in total. The molecule has 9 nitrogen and oxygen atoms in total. The molecule has 0 aromatic carbocycles. The molecule has 3 unspecified atom stereocenters. The Kier molecular flexibility index (Phi) is 50.1. The highest BCUT2D eigenvalue weighted by molar-refractivity contribution is 7.47. The third-order valence-electron chi connectivity index (χ3n) is 12.9. The van der Waals surface area contributed by atoms with Gasteiger partial charge in [0.25, 0.3) is 0 Å². The Bertz CT molecular complexity index is 1460. The number of unbranched alkanes of at least 4 members (excludes halogenated alkanes) is 27. The van der Waals surface area contributed by atoms with Crippen LogP contribution in [0.4, 0.5) is 0 Å². The van der Waals surface area contributed by atoms with Gasteiger partial charge in [0.2, 0.25) is 5.91 Å². The zero-order valence-electron chi connectivity index (χ0n) is 47.7. The summed E-state index contributed by atoms with van der Waals surface area (Å²) in [6, 6.07) is -0.867. The summed E-state index contributed by atoms with van der Waals surface area (Å²) in [5.41, 5.74) is 0. The SMILES string of the molecule is CC/C=C/C/C=C/C/C=C/C/C=C/CCCCCC(=O)NC(COP(=O)(O)OCC[N+](C)(C)C)C(/C=C/CCCCCCCCCCC)OC(=O)CCCCCCCCCCC/C=C/CCCCCCCC. The van der Waals surface area contributed by atoms with E-state index in [1.165, 1.54) is 135 Å². The van der Waals surface area contributed by atoms with Crippen molar-refractivity contribution in [1.82, 2.24) is 5.32 Å². The van der Waals surface area contributed by atoms with Gasteiger partial charge in [0.05, 0.1) is 33.8 Å². The van der Waals surface area contributed by atoms with Crippen molar-refractivity contribution in [3.8, 4) is 0 Å². The summed E-state index contributed by atoms with van der Waals surface area (Å²) in [6.45, 7) is 6.86. The van der Waals surface area contributed by atoms with Crippen molar-refractivity contribution in [1.29, 1.82) is 0 Å². The van der Waals surface area contributed by atoms with E-state index < -0.39 is 20.0 Å². The van der Waals surface area contributed by atoms with E-state index >= 15 is 0 Å². The van der Waals surface area contributed by atoms with Gasteiger partial charge in [-0.15, -0.1) is 0 Å². The van der Waals surface area contributed by atoms with Gasteiger partial charge in [-0.25, -0.2) is 4.57 Å². The number of hydrogen-bond acceptors (Lipinski definition) is 6. The topological polar surface area (TPSA) is 111 Å². The van der Waals surface area contributed by atoms with E-state index in [-0.39, 0.29) is 31.5 Å². The highest BCUT2D eigenvalue weighted by atomic mass is 31.2. The average molecular weight is 1030 g/mol. The fraction of sp³-hybridized carbons (Fsp3) is 0.774. The zero-order chi connectivity index (χ0) is 52.9. The van der Waals surface area contributed by atoms with Crippen LogP contribution in [0.25, 0.3) is 0 Å². The number of phosphoric ester groups is 1. The number of carbonyl (C=O) groups excluding carboxylic acids is 2. The summed E-state index contributed by atoms with van der Waals surface area (Å²) >= 11 is 0. The van der Waals surface area contributed by atoms with Crippen molar-refractivity contribution < 1.29 is 37.3 Å². The molecule has 0 saturated carbocycles. The Morgan fingerprint density at radius 1 is 0.500 bits per heavy atom. The van der Waals surface area contributed by atoms with E-state index in [1.807, 2.05) is 33.3 Å². The molecule has 0 aliphatic rings. The molecule has 0 radical (unpaired) electrons. The number of hydrogen-bond donors (Lipinski definition) is 2. The number of likely N-dealkylation sites (N-methyl/N-ethyl adjacent to an activating group) is 1. The number of ether oxygens (including phenoxy) is 1. The van der Waals surface area contributed by atoms with Crippen LogP contribution in [0.1, 0.15) is 258 Å². The Morgan fingerprint density at radius 3 is 1.36 bits per heavy atom. The van der Waals surface area contributed by atoms with Crippen LogP contribution in [0.3, 0.4) is 0 Å². The molecule has 0 saturated heterocycles. The number of esters is 1. The first-order chi connectivity index (χ1) is 34.9. The normalized spacial score (nSPS) is 14.3. The minimum Gasteiger partial charge on any atom is -0.456 e. The van der Waals surface area contributed by atoms with Gasteiger partial charge in [-0.2, -0.15) is 0 Å². The molecular formula is C62H114N2O7P+. The summed E-state index contributed by atoms with van der Waals surface area (Å²) in [5.74, 6) is -0.544. The number of rotatable bonds is 53. The molecule has 0 bridgehead atoms. The van der Waals surface area contributed by atoms with E-state index in [4.69, 9.17) is 13.8 Å². The lowest BCUT2D eigenvalue weighted by atomic mass is 10.0. The van der Waals surface area contributed by atoms with Crippen LogP contribution in [0.2, 0.25) is 0 Å². The van der Waals surface area contributed by atoms with Crippen molar-refractivity contribution in [3.05, 3.63) is 72.9 Å². The van der Waals surface area contributed by atoms with E-state index in [9.17, 15) is 19.0 Å². The molecule has 0 spiro atoms. The van der Waals surface area contributed by atoms with E-state index in [2.05, 4.69) is 86.8 Å². The third kappa shape index (κ3) is 52.3. The highest BCUT2D eigenvalue weighted by Gasteiger charge is 2.30. The van der Waals surface area contributed by atoms with Gasteiger partial charge in [0.15, 0.2) is 0 Å². The third-order valence-corrected chi connectivity index (χ3v) is 13.9. The zero-order valence-corrected chi connectivity index (χ0v) is 48.6. The van der Waals surface area contributed by atoms with Gasteiger partial charge < -0.3 is 19.4 Å². The molecule has 0 aliphatic heterocycles. The van der Waals surface area contributed by atoms with Crippen molar-refractivity contribution in [2.24, 2.45) is 0 Å². The Hall–Kier alpha value is -2.55. The number of nitrogens with one attached hydrogen (secondary N) is 1. The van der Waals surface area contributed by atoms with Crippen LogP contribution in [0, 0.1) is 0 Å². The largest absolute Gasteiger partial charge is 0.472 e. The standard InChI is InChI=1S/C62H113N2O7P/c1-7-10-13-16-19-22-25-27-29-31-32-33-35-37-40-43-46-49-52-55-62(66)71-60(53-50-47-44-41-38-24-21-18-15-12-9-3)59(58-70-72(67,68)69-57-56-64(4,5)6)63-61(65)54-51-48-45-42-39-36-34-30-28-26-23-20-17-14-11-8-2/h11,14,20,23,27-30,36,39,50,53,59-60H,7-10,12-13,15-19,21-22,24-26,31-35,37-38,40-49,51-52,54-58H2,1-6H3,(H-,63,65,67,68)/p+1/b14-11+,23-20+,29-27+,30-28+,39-36+,53-50+. The summed E-state index contributed by atoms with van der Waals surface area (Å²) < 4.78 is 30.6. The molecule has 0 heterocycles. The number of carbonyl (C=O) groups is 2. The maximum Gasteiger partial charge on any atom is 0.472 e. The molecule has 0 aromatic rings. The predicted octanol–water partition coefficient (Wildman–Crippen LogP) is 18.1. The molecule has 0 rings (SSSR count). The smallest absolute Gasteiger partial charge is 0.456 e. The van der Waals surface area contributed by atoms with Crippen molar-refractivity contribution >= 4 is 19.7 Å². The minimum atomic E-state index is -4.46. The first-order valence-electron chi connectivity index (χ1n) is 29.8. The van der Waals surface area contributed by atoms with E-state index in [1.54, 1.807) is 0 Å². The number of quaternary nitrogens is 1. The maximum absolute atomic E-state index is 13.5. The molecular weight excluding hydrogens is 916 g/mol. The molecule has 1 amide bonds. The van der Waals surface area contributed by atoms with Crippen LogP contribution in [-0.2, 0) is 27.9 Å². The Morgan fingerprint density at radius 2 is 0.889 bits per heavy atom. The van der Waals surface area contributed by atoms with Crippen molar-refractivity contribution in [2.75, 3.05) is 40.9 Å². The average Bonchev–Trinajstić information content (AvgIpc) is 3.34.